The van der Waals surface area contributed by atoms with E-state index in [1.54, 1.807) is 17.4 Å². The fourth-order valence-corrected chi connectivity index (χ4v) is 5.53. The molecule has 2 fully saturated rings. The predicted octanol–water partition coefficient (Wildman–Crippen LogP) is 5.64. The van der Waals surface area contributed by atoms with Gasteiger partial charge in [0.2, 0.25) is 0 Å². The van der Waals surface area contributed by atoms with Gasteiger partial charge in [-0.2, -0.15) is 0 Å². The van der Waals surface area contributed by atoms with Gasteiger partial charge in [0, 0.05) is 17.6 Å². The Labute approximate surface area is 141 Å². The number of nitrogens with zero attached hydrogens (tertiary/aromatic N) is 2. The zero-order valence-corrected chi connectivity index (χ0v) is 15.0. The first-order chi connectivity index (χ1) is 10.9. The number of anilines is 1. The quantitative estimate of drug-likeness (QED) is 0.671. The van der Waals surface area contributed by atoms with Gasteiger partial charge >= 0.3 is 0 Å². The molecule has 2 aromatic rings. The first-order valence-corrected chi connectivity index (χ1v) is 9.64. The Morgan fingerprint density at radius 2 is 1.70 bits per heavy atom. The second-order valence-electron chi connectivity index (χ2n) is 8.09. The van der Waals surface area contributed by atoms with Crippen molar-refractivity contribution in [1.29, 1.82) is 0 Å². The maximum Gasteiger partial charge on any atom is 0.186 e. The molecule has 0 radical (unpaired) electrons. The molecule has 23 heavy (non-hydrogen) atoms. The largest absolute Gasteiger partial charge is 0.342 e. The van der Waals surface area contributed by atoms with Crippen LogP contribution in [0.2, 0.25) is 0 Å². The summed E-state index contributed by atoms with van der Waals surface area (Å²) in [4.78, 5) is 7.52. The lowest BCUT2D eigenvalue weighted by atomic mass is 9.85. The van der Waals surface area contributed by atoms with Gasteiger partial charge < -0.3 is 4.90 Å². The van der Waals surface area contributed by atoms with Gasteiger partial charge in [0.15, 0.2) is 5.13 Å². The second-order valence-corrected chi connectivity index (χ2v) is 9.10. The van der Waals surface area contributed by atoms with E-state index in [0.717, 1.165) is 20.9 Å². The van der Waals surface area contributed by atoms with Crippen LogP contribution in [-0.2, 0) is 5.41 Å². The molecule has 1 aromatic heterocycles. The van der Waals surface area contributed by atoms with Crippen LogP contribution in [0.1, 0.15) is 64.9 Å². The zero-order chi connectivity index (χ0) is 16.2. The highest BCUT2D eigenvalue weighted by Crippen LogP contribution is 2.42. The van der Waals surface area contributed by atoms with Crippen LogP contribution in [-0.4, -0.2) is 17.1 Å². The number of fused-ring (bicyclic) bond motifs is 3. The molecule has 0 spiro atoms. The monoisotopic (exact) mass is 332 g/mol. The Morgan fingerprint density at radius 1 is 1.09 bits per heavy atom. The van der Waals surface area contributed by atoms with E-state index in [-0.39, 0.29) is 11.2 Å². The summed E-state index contributed by atoms with van der Waals surface area (Å²) < 4.78 is 15.6. The minimum absolute atomic E-state index is 0.124. The molecular weight excluding hydrogens is 307 g/mol. The summed E-state index contributed by atoms with van der Waals surface area (Å²) in [7, 11) is 0. The van der Waals surface area contributed by atoms with Gasteiger partial charge in [-0.1, -0.05) is 32.1 Å². The van der Waals surface area contributed by atoms with Crippen molar-refractivity contribution in [3.63, 3.8) is 0 Å². The standard InChI is InChI=1S/C19H25FN2S/c1-19(2,3)16-14(20)10-11-15-17(16)21-18(23-15)22-12-6-4-7-13(22)9-5-8-12/h10-13H,4-9H2,1-3H3. The summed E-state index contributed by atoms with van der Waals surface area (Å²) in [5.74, 6) is -0.124. The molecule has 2 aliphatic rings. The van der Waals surface area contributed by atoms with Gasteiger partial charge in [-0.05, 0) is 56.1 Å². The molecule has 0 N–H and O–H groups in total. The minimum atomic E-state index is -0.229. The van der Waals surface area contributed by atoms with E-state index < -0.39 is 0 Å². The molecule has 2 bridgehead atoms. The van der Waals surface area contributed by atoms with Gasteiger partial charge in [0.05, 0.1) is 10.2 Å². The van der Waals surface area contributed by atoms with Gasteiger partial charge in [0.1, 0.15) is 5.82 Å². The maximum absolute atomic E-state index is 14.4. The van der Waals surface area contributed by atoms with Crippen molar-refractivity contribution >= 4 is 26.7 Å². The molecule has 2 nitrogen and oxygen atoms in total. The minimum Gasteiger partial charge on any atom is -0.342 e. The summed E-state index contributed by atoms with van der Waals surface area (Å²) in [6.45, 7) is 6.21. The number of hydrogen-bond donors (Lipinski definition) is 0. The molecule has 1 aromatic carbocycles. The number of hydrogen-bond acceptors (Lipinski definition) is 3. The molecule has 4 heteroatoms. The van der Waals surface area contributed by atoms with E-state index >= 15 is 0 Å². The Kier molecular flexibility index (Phi) is 3.63. The molecule has 0 aliphatic carbocycles. The lowest BCUT2D eigenvalue weighted by molar-refractivity contribution is 0.296. The van der Waals surface area contributed by atoms with E-state index in [4.69, 9.17) is 4.98 Å². The van der Waals surface area contributed by atoms with Gasteiger partial charge in [-0.3, -0.25) is 0 Å². The van der Waals surface area contributed by atoms with E-state index in [9.17, 15) is 4.39 Å². The predicted molar refractivity (Wildman–Crippen MR) is 96.0 cm³/mol. The van der Waals surface area contributed by atoms with Crippen LogP contribution in [0.4, 0.5) is 9.52 Å². The average Bonchev–Trinajstić information content (AvgIpc) is 2.88. The van der Waals surface area contributed by atoms with Crippen molar-refractivity contribution in [3.8, 4) is 0 Å². The molecule has 0 atom stereocenters. The number of rotatable bonds is 1. The molecule has 4 rings (SSSR count). The van der Waals surface area contributed by atoms with E-state index in [1.807, 2.05) is 6.07 Å². The third kappa shape index (κ3) is 2.55. The Morgan fingerprint density at radius 3 is 2.26 bits per heavy atom. The summed E-state index contributed by atoms with van der Waals surface area (Å²) in [6, 6.07) is 4.81. The summed E-state index contributed by atoms with van der Waals surface area (Å²) >= 11 is 1.75. The molecule has 0 saturated carbocycles. The highest BCUT2D eigenvalue weighted by atomic mass is 32.1. The number of thiazole rings is 1. The van der Waals surface area contributed by atoms with E-state index in [0.29, 0.717) is 12.1 Å². The SMILES string of the molecule is CC(C)(C)c1c(F)ccc2sc(N3C4CCCC3CCC4)nc12. The van der Waals surface area contributed by atoms with Crippen LogP contribution < -0.4 is 4.90 Å². The summed E-state index contributed by atoms with van der Waals surface area (Å²) in [5, 5.41) is 1.12. The Bertz CT molecular complexity index is 709. The fourth-order valence-electron chi connectivity index (χ4n) is 4.42. The normalized spacial score (nSPS) is 25.1. The van der Waals surface area contributed by atoms with Crippen molar-refractivity contribution in [3.05, 3.63) is 23.5 Å². The van der Waals surface area contributed by atoms with Crippen molar-refractivity contribution in [2.75, 3.05) is 4.90 Å². The van der Waals surface area contributed by atoms with Crippen molar-refractivity contribution in [1.82, 2.24) is 4.98 Å². The van der Waals surface area contributed by atoms with E-state index in [2.05, 4.69) is 25.7 Å². The molecule has 0 amide bonds. The molecule has 124 valence electrons. The van der Waals surface area contributed by atoms with Crippen LogP contribution in [0.5, 0.6) is 0 Å². The molecule has 2 saturated heterocycles. The number of halogens is 1. The second kappa shape index (κ2) is 5.44. The summed E-state index contributed by atoms with van der Waals surface area (Å²) in [6.07, 6.45) is 7.83. The first-order valence-electron chi connectivity index (χ1n) is 8.83. The van der Waals surface area contributed by atoms with Crippen molar-refractivity contribution < 1.29 is 4.39 Å². The molecule has 2 aliphatic heterocycles. The van der Waals surface area contributed by atoms with Crippen LogP contribution in [0.3, 0.4) is 0 Å². The molecule has 0 unspecified atom stereocenters. The van der Waals surface area contributed by atoms with Gasteiger partial charge in [0.25, 0.3) is 0 Å². The van der Waals surface area contributed by atoms with Crippen molar-refractivity contribution in [2.45, 2.75) is 76.8 Å². The highest BCUT2D eigenvalue weighted by molar-refractivity contribution is 7.22. The third-order valence-corrected chi connectivity index (χ3v) is 6.44. The Balaban J connectivity index is 1.83. The number of piperidine rings is 2. The molecular formula is C19H25FN2S. The summed E-state index contributed by atoms with van der Waals surface area (Å²) in [5.41, 5.74) is 1.41. The van der Waals surface area contributed by atoms with Gasteiger partial charge in [-0.15, -0.1) is 0 Å². The lowest BCUT2D eigenvalue weighted by Crippen LogP contribution is -2.49. The van der Waals surface area contributed by atoms with E-state index in [1.165, 1.54) is 38.5 Å². The Hall–Kier alpha value is -1.16. The molecule has 3 heterocycles. The van der Waals surface area contributed by atoms with Crippen LogP contribution >= 0.6 is 11.3 Å². The number of benzene rings is 1. The van der Waals surface area contributed by atoms with Gasteiger partial charge in [-0.25, -0.2) is 9.37 Å². The highest BCUT2D eigenvalue weighted by Gasteiger charge is 2.36. The maximum atomic E-state index is 14.4. The topological polar surface area (TPSA) is 16.1 Å². The smallest absolute Gasteiger partial charge is 0.186 e. The van der Waals surface area contributed by atoms with Crippen LogP contribution in [0, 0.1) is 5.82 Å². The number of aromatic nitrogens is 1. The fraction of sp³-hybridized carbons (Fsp3) is 0.632. The van der Waals surface area contributed by atoms with Crippen LogP contribution in [0.15, 0.2) is 12.1 Å². The third-order valence-electron chi connectivity index (χ3n) is 5.41. The first kappa shape index (κ1) is 15.4. The van der Waals surface area contributed by atoms with Crippen LogP contribution in [0.25, 0.3) is 10.2 Å². The average molecular weight is 332 g/mol. The lowest BCUT2D eigenvalue weighted by Gasteiger charge is -2.46. The zero-order valence-electron chi connectivity index (χ0n) is 14.2. The van der Waals surface area contributed by atoms with Crippen molar-refractivity contribution in [2.24, 2.45) is 0 Å².